The maximum absolute atomic E-state index is 9.17. The molecule has 0 bridgehead atoms. The van der Waals surface area contributed by atoms with E-state index in [0.717, 1.165) is 10.8 Å². The van der Waals surface area contributed by atoms with Gasteiger partial charge in [-0.1, -0.05) is 182 Å². The Kier molecular flexibility index (Phi) is 6.34. The number of hydrogen-bond donors (Lipinski definition) is 0. The number of fused-ring (bicyclic) bond motifs is 7. The van der Waals surface area contributed by atoms with Gasteiger partial charge in [0.1, 0.15) is 0 Å². The first-order valence-corrected chi connectivity index (χ1v) is 21.4. The summed E-state index contributed by atoms with van der Waals surface area (Å²) < 4.78 is 135. The molecule has 9 aromatic carbocycles. The minimum atomic E-state index is -0.614. The molecular weight excluding hydrogens is 833 g/mol. The third kappa shape index (κ3) is 6.62. The van der Waals surface area contributed by atoms with Crippen LogP contribution in [0.15, 0.2) is 230 Å². The van der Waals surface area contributed by atoms with Gasteiger partial charge in [-0.3, -0.25) is 0 Å². The van der Waals surface area contributed by atoms with Gasteiger partial charge in [-0.25, -0.2) is 29.9 Å². The summed E-state index contributed by atoms with van der Waals surface area (Å²) in [6.45, 7) is 0. The second kappa shape index (κ2) is 16.2. The second-order valence-electron chi connectivity index (χ2n) is 15.6. The highest BCUT2D eigenvalue weighted by molar-refractivity contribution is 6.26. The summed E-state index contributed by atoms with van der Waals surface area (Å²) in [6.07, 6.45) is 0. The van der Waals surface area contributed by atoms with Gasteiger partial charge < -0.3 is 9.13 Å². The normalized spacial score (nSPS) is 14.6. The second-order valence-corrected chi connectivity index (χ2v) is 15.6. The molecule has 13 rings (SSSR count). The van der Waals surface area contributed by atoms with E-state index in [2.05, 4.69) is 0 Å². The van der Waals surface area contributed by atoms with Crippen molar-refractivity contribution in [3.63, 3.8) is 0 Å². The van der Waals surface area contributed by atoms with Crippen molar-refractivity contribution in [2.24, 2.45) is 0 Å². The Bertz CT molecular complexity index is 4850. The molecule has 0 atom stereocenters. The SMILES string of the molecule is [2H]c1c([2H])c([2H])c(-c2nc(-c3ccccc3)nc(-c3ccc(-n4c5ccccc5c5ccc6c(c7ccccc7n6-c6c([2H])c([2H])c([2H])c([2H])c6[2H])c54)c(-c4nc(-c5ccccc5)nc(-c5c([2H])c([2H])c([2H])c([2H])c5[2H])n4)c3)n2)c([2H])c1[2H]. The van der Waals surface area contributed by atoms with Crippen molar-refractivity contribution in [1.29, 1.82) is 0 Å². The molecule has 0 unspecified atom stereocenters. The van der Waals surface area contributed by atoms with Crippen LogP contribution in [0.2, 0.25) is 0 Å². The molecule has 13 aromatic rings. The van der Waals surface area contributed by atoms with Gasteiger partial charge in [0.05, 0.1) is 48.3 Å². The van der Waals surface area contributed by atoms with Crippen LogP contribution >= 0.6 is 0 Å². The highest BCUT2D eigenvalue weighted by Crippen LogP contribution is 2.44. The van der Waals surface area contributed by atoms with Crippen LogP contribution in [0.25, 0.3) is 123 Å². The van der Waals surface area contributed by atoms with Gasteiger partial charge >= 0.3 is 0 Å². The maximum Gasteiger partial charge on any atom is 0.166 e. The maximum atomic E-state index is 9.17. The Morgan fingerprint density at radius 3 is 1.38 bits per heavy atom. The molecular formula is C60H38N8. The zero-order valence-electron chi connectivity index (χ0n) is 50.4. The van der Waals surface area contributed by atoms with Crippen molar-refractivity contribution in [3.8, 4) is 79.7 Å². The third-order valence-corrected chi connectivity index (χ3v) is 11.7. The van der Waals surface area contributed by atoms with Crippen LogP contribution in [0, 0.1) is 0 Å². The third-order valence-electron chi connectivity index (χ3n) is 11.7. The topological polar surface area (TPSA) is 87.2 Å². The van der Waals surface area contributed by atoms with Crippen LogP contribution < -0.4 is 0 Å². The Labute approximate surface area is 412 Å². The van der Waals surface area contributed by atoms with Crippen LogP contribution in [-0.2, 0) is 0 Å². The number of rotatable bonds is 8. The van der Waals surface area contributed by atoms with Crippen LogP contribution in [0.4, 0.5) is 0 Å². The standard InChI is InChI=1S/C60H38N8/c1-6-20-39(21-7-1)55-61-56(40-22-8-2-9-23-40)64-59(63-55)43-34-36-51(48(38-43)60-65-57(41-24-10-3-11-25-41)62-58(66-60)42-26-12-4-13-27-42)68-49-32-18-16-30-45(49)46-35-37-52-53(54(46)68)47-31-17-19-33-50(47)67(52)44-28-14-5-15-29-44/h1-38H/i1D,3D,5D,6D,7D,10D,11D,14D,15D,20D,21D,24D,25D,28D,29D. The summed E-state index contributed by atoms with van der Waals surface area (Å²) in [5.74, 6) is -0.313. The Balaban J connectivity index is 1.19. The van der Waals surface area contributed by atoms with Gasteiger partial charge in [-0.15, -0.1) is 0 Å². The fourth-order valence-electron chi connectivity index (χ4n) is 8.79. The monoisotopic (exact) mass is 885 g/mol. The molecule has 0 aliphatic heterocycles. The molecule has 0 amide bonds. The summed E-state index contributed by atoms with van der Waals surface area (Å²) in [7, 11) is 0. The molecule has 0 N–H and O–H groups in total. The molecule has 318 valence electrons. The largest absolute Gasteiger partial charge is 0.309 e. The first kappa shape index (κ1) is 26.5. The fourth-order valence-corrected chi connectivity index (χ4v) is 8.79. The van der Waals surface area contributed by atoms with Gasteiger partial charge in [-0.2, -0.15) is 0 Å². The lowest BCUT2D eigenvalue weighted by Gasteiger charge is -2.17. The van der Waals surface area contributed by atoms with Crippen molar-refractivity contribution in [2.75, 3.05) is 0 Å². The minimum absolute atomic E-state index is 0.00273. The van der Waals surface area contributed by atoms with Crippen LogP contribution in [0.3, 0.4) is 0 Å². The van der Waals surface area contributed by atoms with Gasteiger partial charge in [0.2, 0.25) is 0 Å². The predicted octanol–water partition coefficient (Wildman–Crippen LogP) is 14.3. The van der Waals surface area contributed by atoms with Crippen LogP contribution in [0.5, 0.6) is 0 Å². The zero-order valence-corrected chi connectivity index (χ0v) is 35.4. The molecule has 0 spiro atoms. The molecule has 8 heteroatoms. The Hall–Kier alpha value is -9.40. The van der Waals surface area contributed by atoms with E-state index in [0.29, 0.717) is 55.2 Å². The molecule has 0 aliphatic carbocycles. The van der Waals surface area contributed by atoms with E-state index in [1.54, 1.807) is 83.4 Å². The van der Waals surface area contributed by atoms with E-state index in [9.17, 15) is 0 Å². The molecule has 68 heavy (non-hydrogen) atoms. The molecule has 0 saturated carbocycles. The zero-order chi connectivity index (χ0) is 58.0. The lowest BCUT2D eigenvalue weighted by atomic mass is 10.0. The van der Waals surface area contributed by atoms with E-state index in [1.165, 1.54) is 0 Å². The smallest absolute Gasteiger partial charge is 0.166 e. The number of nitrogens with zero attached hydrogens (tertiary/aromatic N) is 8. The van der Waals surface area contributed by atoms with E-state index in [1.807, 2.05) is 65.2 Å². The number of benzene rings is 9. The lowest BCUT2D eigenvalue weighted by molar-refractivity contribution is 1.06. The molecule has 0 saturated heterocycles. The Morgan fingerprint density at radius 2 is 0.794 bits per heavy atom. The average Bonchev–Trinajstić information content (AvgIpc) is 2.20. The van der Waals surface area contributed by atoms with E-state index in [-0.39, 0.29) is 57.3 Å². The predicted molar refractivity (Wildman–Crippen MR) is 275 cm³/mol. The molecule has 0 fully saturated rings. The fraction of sp³-hybridized carbons (Fsp3) is 0. The molecule has 8 nitrogen and oxygen atoms in total. The van der Waals surface area contributed by atoms with Crippen LogP contribution in [-0.4, -0.2) is 39.0 Å². The average molecular weight is 886 g/mol. The van der Waals surface area contributed by atoms with E-state index in [4.69, 9.17) is 50.5 Å². The summed E-state index contributed by atoms with van der Waals surface area (Å²) in [5.41, 5.74) is 3.75. The highest BCUT2D eigenvalue weighted by atomic mass is 15.1. The summed E-state index contributed by atoms with van der Waals surface area (Å²) in [5, 5.41) is 2.88. The first-order chi connectivity index (χ1) is 39.9. The lowest BCUT2D eigenvalue weighted by Crippen LogP contribution is -2.05. The van der Waals surface area contributed by atoms with Gasteiger partial charge in [0, 0.05) is 60.6 Å². The highest BCUT2D eigenvalue weighted by Gasteiger charge is 2.25. The van der Waals surface area contributed by atoms with E-state index < -0.39 is 90.6 Å². The molecule has 0 aliphatic rings. The van der Waals surface area contributed by atoms with Crippen LogP contribution in [0.1, 0.15) is 20.6 Å². The van der Waals surface area contributed by atoms with Gasteiger partial charge in [-0.05, 0) is 48.5 Å². The minimum Gasteiger partial charge on any atom is -0.309 e. The van der Waals surface area contributed by atoms with Crippen molar-refractivity contribution >= 4 is 43.6 Å². The number of hydrogen-bond acceptors (Lipinski definition) is 6. The number of para-hydroxylation sites is 3. The molecule has 4 heterocycles. The van der Waals surface area contributed by atoms with Crippen molar-refractivity contribution in [1.82, 2.24) is 39.0 Å². The summed E-state index contributed by atoms with van der Waals surface area (Å²) in [4.78, 5) is 29.4. The van der Waals surface area contributed by atoms with Gasteiger partial charge in [0.25, 0.3) is 0 Å². The van der Waals surface area contributed by atoms with Gasteiger partial charge in [0.15, 0.2) is 34.9 Å². The number of aromatic nitrogens is 8. The molecule has 0 radical (unpaired) electrons. The summed E-state index contributed by atoms with van der Waals surface area (Å²) >= 11 is 0. The quantitative estimate of drug-likeness (QED) is 0.151. The first-order valence-electron chi connectivity index (χ1n) is 28.9. The Morgan fingerprint density at radius 1 is 0.324 bits per heavy atom. The molecule has 4 aromatic heterocycles. The summed E-state index contributed by atoms with van der Waals surface area (Å²) in [6, 6.07) is 33.7. The van der Waals surface area contributed by atoms with Crippen molar-refractivity contribution in [2.45, 2.75) is 0 Å². The van der Waals surface area contributed by atoms with E-state index >= 15 is 0 Å². The van der Waals surface area contributed by atoms with Crippen molar-refractivity contribution in [3.05, 3.63) is 230 Å². The van der Waals surface area contributed by atoms with Crippen molar-refractivity contribution < 1.29 is 20.6 Å².